The van der Waals surface area contributed by atoms with Crippen LogP contribution >= 0.6 is 0 Å². The molecule has 136 valence electrons. The zero-order valence-electron chi connectivity index (χ0n) is 14.8. The molecule has 0 aliphatic carbocycles. The van der Waals surface area contributed by atoms with Crippen molar-refractivity contribution in [3.63, 3.8) is 0 Å². The lowest BCUT2D eigenvalue weighted by atomic mass is 10.2. The minimum atomic E-state index is -0.240. The molecule has 0 atom stereocenters. The predicted molar refractivity (Wildman–Crippen MR) is 109 cm³/mol. The molecule has 0 radical (unpaired) electrons. The van der Waals surface area contributed by atoms with E-state index < -0.39 is 0 Å². The van der Waals surface area contributed by atoms with Gasteiger partial charge in [0.2, 0.25) is 0 Å². The first-order valence-electron chi connectivity index (χ1n) is 8.54. The summed E-state index contributed by atoms with van der Waals surface area (Å²) in [6.07, 6.45) is 3.15. The largest absolute Gasteiger partial charge is 0.384 e. The van der Waals surface area contributed by atoms with Crippen LogP contribution < -0.4 is 16.4 Å². The summed E-state index contributed by atoms with van der Waals surface area (Å²) in [5.41, 5.74) is 8.97. The van der Waals surface area contributed by atoms with Crippen molar-refractivity contribution in [2.45, 2.75) is 0 Å². The van der Waals surface area contributed by atoms with Gasteiger partial charge in [-0.05, 0) is 36.4 Å². The van der Waals surface area contributed by atoms with E-state index in [1.165, 1.54) is 6.20 Å². The molecule has 7 nitrogen and oxygen atoms in total. The van der Waals surface area contributed by atoms with E-state index in [1.807, 2.05) is 54.6 Å². The number of fused-ring (bicyclic) bond motifs is 1. The Morgan fingerprint density at radius 1 is 1.07 bits per heavy atom. The Bertz CT molecular complexity index is 1210. The third-order valence-corrected chi connectivity index (χ3v) is 4.26. The lowest BCUT2D eigenvalue weighted by Gasteiger charge is -2.10. The van der Waals surface area contributed by atoms with Gasteiger partial charge in [0.15, 0.2) is 0 Å². The molecular formula is C21H16N6O. The molecule has 2 aromatic carbocycles. The highest BCUT2D eigenvalue weighted by Gasteiger charge is 2.10. The molecule has 0 saturated carbocycles. The fourth-order valence-corrected chi connectivity index (χ4v) is 2.92. The number of hydrogen-bond donors (Lipinski definition) is 3. The quantitative estimate of drug-likeness (QED) is 0.499. The van der Waals surface area contributed by atoms with Crippen LogP contribution in [-0.2, 0) is 0 Å². The number of hydrogen-bond acceptors (Lipinski definition) is 5. The van der Waals surface area contributed by atoms with Crippen LogP contribution in [0, 0.1) is 11.3 Å². The van der Waals surface area contributed by atoms with Crippen LogP contribution in [0.2, 0.25) is 0 Å². The number of nitrogens with zero attached hydrogens (tertiary/aromatic N) is 3. The molecule has 0 unspecified atom stereocenters. The first-order chi connectivity index (χ1) is 13.6. The molecule has 4 rings (SSSR count). The zero-order chi connectivity index (χ0) is 19.5. The van der Waals surface area contributed by atoms with E-state index in [0.29, 0.717) is 17.1 Å². The highest BCUT2D eigenvalue weighted by atomic mass is 16.2. The van der Waals surface area contributed by atoms with Crippen LogP contribution in [0.4, 0.5) is 27.7 Å². The van der Waals surface area contributed by atoms with Crippen LogP contribution in [0.1, 0.15) is 5.56 Å². The second-order valence-electron chi connectivity index (χ2n) is 6.15. The van der Waals surface area contributed by atoms with Crippen LogP contribution in [-0.4, -0.2) is 15.6 Å². The molecule has 0 spiro atoms. The van der Waals surface area contributed by atoms with Gasteiger partial charge >= 0.3 is 6.03 Å². The van der Waals surface area contributed by atoms with Crippen LogP contribution in [0.3, 0.4) is 0 Å². The minimum absolute atomic E-state index is 0.240. The molecule has 0 bridgehead atoms. The summed E-state index contributed by atoms with van der Waals surface area (Å²) in [5.74, 6) is 0.325. The normalized spacial score (nSPS) is 10.4. The lowest BCUT2D eigenvalue weighted by Crippen LogP contribution is -2.18. The summed E-state index contributed by atoms with van der Waals surface area (Å²) in [6, 6.07) is 20.2. The maximum Gasteiger partial charge on any atom is 0.330 e. The van der Waals surface area contributed by atoms with Crippen molar-refractivity contribution >= 4 is 39.8 Å². The molecule has 0 aliphatic heterocycles. The van der Waals surface area contributed by atoms with Crippen molar-refractivity contribution in [1.82, 2.24) is 9.55 Å². The maximum atomic E-state index is 12.6. The molecule has 4 aromatic rings. The van der Waals surface area contributed by atoms with E-state index >= 15 is 0 Å². The van der Waals surface area contributed by atoms with Crippen LogP contribution in [0.5, 0.6) is 0 Å². The summed E-state index contributed by atoms with van der Waals surface area (Å²) >= 11 is 0. The van der Waals surface area contributed by atoms with Crippen molar-refractivity contribution in [1.29, 1.82) is 5.26 Å². The van der Waals surface area contributed by atoms with Crippen LogP contribution in [0.15, 0.2) is 73.1 Å². The standard InChI is InChI=1S/C21H16N6O/c22-12-15-13-24-20(23)11-18(15)25-17-6-7-19-14(10-17)8-9-27(19)21(28)26-16-4-2-1-3-5-16/h1-11,13H,(H,26,28)(H3,23,24,25). The Hall–Kier alpha value is -4.31. The van der Waals surface area contributed by atoms with Gasteiger partial charge in [-0.25, -0.2) is 9.78 Å². The van der Waals surface area contributed by atoms with Crippen molar-refractivity contribution in [3.05, 3.63) is 78.6 Å². The third kappa shape index (κ3) is 3.34. The van der Waals surface area contributed by atoms with E-state index in [2.05, 4.69) is 21.7 Å². The highest BCUT2D eigenvalue weighted by Crippen LogP contribution is 2.26. The Morgan fingerprint density at radius 2 is 1.89 bits per heavy atom. The Morgan fingerprint density at radius 3 is 2.68 bits per heavy atom. The second kappa shape index (κ2) is 7.13. The molecule has 28 heavy (non-hydrogen) atoms. The van der Waals surface area contributed by atoms with Gasteiger partial charge in [-0.15, -0.1) is 0 Å². The number of rotatable bonds is 3. The number of anilines is 4. The molecule has 0 fully saturated rings. The fourth-order valence-electron chi connectivity index (χ4n) is 2.92. The van der Waals surface area contributed by atoms with E-state index in [4.69, 9.17) is 5.73 Å². The molecular weight excluding hydrogens is 352 g/mol. The monoisotopic (exact) mass is 368 g/mol. The molecule has 1 amide bonds. The van der Waals surface area contributed by atoms with Gasteiger partial charge in [-0.2, -0.15) is 5.26 Å². The maximum absolute atomic E-state index is 12.6. The SMILES string of the molecule is N#Cc1cnc(N)cc1Nc1ccc2c(ccn2C(=O)Nc2ccccc2)c1. The van der Waals surface area contributed by atoms with Gasteiger partial charge < -0.3 is 16.4 Å². The average Bonchev–Trinajstić information content (AvgIpc) is 3.12. The Balaban J connectivity index is 1.61. The number of carbonyl (C=O) groups is 1. The first kappa shape index (κ1) is 17.1. The van der Waals surface area contributed by atoms with Crippen molar-refractivity contribution < 1.29 is 4.79 Å². The second-order valence-corrected chi connectivity index (χ2v) is 6.15. The number of amides is 1. The average molecular weight is 368 g/mol. The van der Waals surface area contributed by atoms with Crippen molar-refractivity contribution in [2.75, 3.05) is 16.4 Å². The molecule has 2 aromatic heterocycles. The van der Waals surface area contributed by atoms with E-state index in [-0.39, 0.29) is 6.03 Å². The molecule has 2 heterocycles. The van der Waals surface area contributed by atoms with E-state index in [0.717, 1.165) is 22.3 Å². The van der Waals surface area contributed by atoms with Gasteiger partial charge in [0.1, 0.15) is 11.9 Å². The number of carbonyl (C=O) groups excluding carboxylic acids is 1. The summed E-state index contributed by atoms with van der Waals surface area (Å²) < 4.78 is 1.55. The number of nitrogens with two attached hydrogens (primary N) is 1. The van der Waals surface area contributed by atoms with Crippen molar-refractivity contribution in [3.8, 4) is 6.07 Å². The molecule has 0 aliphatic rings. The summed E-state index contributed by atoms with van der Waals surface area (Å²) in [4.78, 5) is 16.5. The number of nitrogens with one attached hydrogen (secondary N) is 2. The number of benzene rings is 2. The summed E-state index contributed by atoms with van der Waals surface area (Å²) in [6.45, 7) is 0. The smallest absolute Gasteiger partial charge is 0.330 e. The minimum Gasteiger partial charge on any atom is -0.384 e. The van der Waals surface area contributed by atoms with E-state index in [1.54, 1.807) is 16.8 Å². The zero-order valence-corrected chi connectivity index (χ0v) is 14.8. The van der Waals surface area contributed by atoms with Crippen molar-refractivity contribution in [2.24, 2.45) is 0 Å². The molecule has 7 heteroatoms. The van der Waals surface area contributed by atoms with Gasteiger partial charge in [-0.1, -0.05) is 18.2 Å². The Kier molecular flexibility index (Phi) is 4.36. The van der Waals surface area contributed by atoms with Gasteiger partial charge in [0.25, 0.3) is 0 Å². The van der Waals surface area contributed by atoms with Gasteiger partial charge in [0.05, 0.1) is 16.8 Å². The van der Waals surface area contributed by atoms with Gasteiger partial charge in [0, 0.05) is 35.2 Å². The lowest BCUT2D eigenvalue weighted by molar-refractivity contribution is 0.254. The topological polar surface area (TPSA) is 109 Å². The van der Waals surface area contributed by atoms with Crippen LogP contribution in [0.25, 0.3) is 10.9 Å². The number of para-hydroxylation sites is 1. The highest BCUT2D eigenvalue weighted by molar-refractivity contribution is 5.99. The summed E-state index contributed by atoms with van der Waals surface area (Å²) in [7, 11) is 0. The molecule has 4 N–H and O–H groups in total. The van der Waals surface area contributed by atoms with Gasteiger partial charge in [-0.3, -0.25) is 4.57 Å². The molecule has 0 saturated heterocycles. The Labute approximate surface area is 161 Å². The first-order valence-corrected chi connectivity index (χ1v) is 8.54. The number of nitrogen functional groups attached to an aromatic ring is 1. The number of pyridine rings is 1. The third-order valence-electron chi connectivity index (χ3n) is 4.26. The fraction of sp³-hybridized carbons (Fsp3) is 0. The number of nitriles is 1. The number of aromatic nitrogens is 2. The van der Waals surface area contributed by atoms with E-state index in [9.17, 15) is 10.1 Å². The predicted octanol–water partition coefficient (Wildman–Crippen LogP) is 4.31. The summed E-state index contributed by atoms with van der Waals surface area (Å²) in [5, 5.41) is 16.2.